The van der Waals surface area contributed by atoms with Gasteiger partial charge in [-0.05, 0) is 29.2 Å². The topological polar surface area (TPSA) is 19.0 Å². The van der Waals surface area contributed by atoms with E-state index in [1.807, 2.05) is 0 Å². The maximum Gasteiger partial charge on any atom is 0.0456 e. The predicted octanol–water partition coefficient (Wildman–Crippen LogP) is 5.93. The Balaban J connectivity index is 1.45. The Morgan fingerprint density at radius 2 is 1.50 bits per heavy atom. The number of hydrogen-bond acceptors (Lipinski definition) is 1. The highest BCUT2D eigenvalue weighted by Gasteiger charge is 2.08. The van der Waals surface area contributed by atoms with Crippen molar-refractivity contribution >= 4 is 17.0 Å². The molecule has 28 heavy (non-hydrogen) atoms. The fourth-order valence-electron chi connectivity index (χ4n) is 3.60. The van der Waals surface area contributed by atoms with Crippen LogP contribution in [0.25, 0.3) is 17.0 Å². The predicted molar refractivity (Wildman–Crippen MR) is 119 cm³/mol. The number of fused-ring (bicyclic) bond motifs is 1. The van der Waals surface area contributed by atoms with Crippen molar-refractivity contribution in [3.05, 3.63) is 114 Å². The number of aromatic amines is 1. The van der Waals surface area contributed by atoms with E-state index in [1.54, 1.807) is 0 Å². The van der Waals surface area contributed by atoms with Crippen LogP contribution < -0.4 is 0 Å². The third kappa shape index (κ3) is 4.79. The van der Waals surface area contributed by atoms with Crippen LogP contribution >= 0.6 is 0 Å². The van der Waals surface area contributed by atoms with E-state index in [4.69, 9.17) is 0 Å². The molecule has 2 nitrogen and oxygen atoms in total. The molecule has 0 saturated heterocycles. The van der Waals surface area contributed by atoms with Gasteiger partial charge in [-0.3, -0.25) is 4.90 Å². The van der Waals surface area contributed by atoms with Crippen molar-refractivity contribution in [1.29, 1.82) is 0 Å². The Hall–Kier alpha value is -3.10. The van der Waals surface area contributed by atoms with Gasteiger partial charge in [0.25, 0.3) is 0 Å². The van der Waals surface area contributed by atoms with Gasteiger partial charge in [-0.15, -0.1) is 0 Å². The Morgan fingerprint density at radius 3 is 2.32 bits per heavy atom. The summed E-state index contributed by atoms with van der Waals surface area (Å²) in [5.41, 5.74) is 5.21. The van der Waals surface area contributed by atoms with E-state index in [-0.39, 0.29) is 0 Å². The molecule has 4 rings (SSSR count). The molecule has 0 radical (unpaired) electrons. The summed E-state index contributed by atoms with van der Waals surface area (Å²) in [6.07, 6.45) is 7.68. The molecule has 0 atom stereocenters. The van der Waals surface area contributed by atoms with Crippen LogP contribution in [0.5, 0.6) is 0 Å². The maximum atomic E-state index is 3.39. The summed E-state index contributed by atoms with van der Waals surface area (Å²) in [6.45, 7) is 2.92. The largest absolute Gasteiger partial charge is 0.361 e. The van der Waals surface area contributed by atoms with Crippen molar-refractivity contribution in [2.24, 2.45) is 0 Å². The number of nitrogens with zero attached hydrogens (tertiary/aromatic N) is 1. The first kappa shape index (κ1) is 18.3. The number of aromatic nitrogens is 1. The van der Waals surface area contributed by atoms with E-state index in [9.17, 15) is 0 Å². The lowest BCUT2D eigenvalue weighted by Gasteiger charge is -2.21. The lowest BCUT2D eigenvalue weighted by molar-refractivity contribution is 0.299. The summed E-state index contributed by atoms with van der Waals surface area (Å²) in [7, 11) is 0. The number of rotatable bonds is 8. The molecular formula is C26H26N2. The monoisotopic (exact) mass is 366 g/mol. The molecule has 2 heteroatoms. The number of hydrogen-bond donors (Lipinski definition) is 1. The van der Waals surface area contributed by atoms with Gasteiger partial charge in [-0.25, -0.2) is 0 Å². The van der Waals surface area contributed by atoms with Gasteiger partial charge in [-0.1, -0.05) is 91.0 Å². The summed E-state index contributed by atoms with van der Waals surface area (Å²) in [5.74, 6) is 0. The van der Waals surface area contributed by atoms with Gasteiger partial charge in [0.1, 0.15) is 0 Å². The van der Waals surface area contributed by atoms with Crippen LogP contribution in [-0.2, 0) is 13.0 Å². The minimum atomic E-state index is 0.937. The molecule has 0 amide bonds. The van der Waals surface area contributed by atoms with Crippen LogP contribution in [0, 0.1) is 0 Å². The first-order valence-corrected chi connectivity index (χ1v) is 9.91. The molecule has 0 aliphatic heterocycles. The molecule has 0 fully saturated rings. The fraction of sp³-hybridized carbons (Fsp3) is 0.154. The SMILES string of the molecule is C(=Cc1ccccc1)CN(CCc1c[nH]c2ccccc12)Cc1ccccc1. The van der Waals surface area contributed by atoms with Crippen LogP contribution in [-0.4, -0.2) is 23.0 Å². The second-order valence-corrected chi connectivity index (χ2v) is 7.14. The Bertz CT molecular complexity index is 1020. The third-order valence-corrected chi connectivity index (χ3v) is 5.09. The minimum absolute atomic E-state index is 0.937. The standard InChI is InChI=1S/C26H26N2/c1-3-10-22(11-4-1)14-9-18-28(21-23-12-5-2-6-13-23)19-17-24-20-27-26-16-8-7-15-25(24)26/h1-16,20,27H,17-19,21H2. The number of para-hydroxylation sites is 1. The highest BCUT2D eigenvalue weighted by atomic mass is 15.1. The van der Waals surface area contributed by atoms with E-state index < -0.39 is 0 Å². The van der Waals surface area contributed by atoms with Crippen molar-refractivity contribution < 1.29 is 0 Å². The number of benzene rings is 3. The molecule has 0 spiro atoms. The smallest absolute Gasteiger partial charge is 0.0456 e. The maximum absolute atomic E-state index is 3.39. The Morgan fingerprint density at radius 1 is 0.786 bits per heavy atom. The van der Waals surface area contributed by atoms with Gasteiger partial charge >= 0.3 is 0 Å². The van der Waals surface area contributed by atoms with E-state index in [2.05, 4.69) is 113 Å². The van der Waals surface area contributed by atoms with Crippen molar-refractivity contribution in [1.82, 2.24) is 9.88 Å². The average molecular weight is 367 g/mol. The van der Waals surface area contributed by atoms with Gasteiger partial charge in [-0.2, -0.15) is 0 Å². The van der Waals surface area contributed by atoms with Gasteiger partial charge in [0.15, 0.2) is 0 Å². The van der Waals surface area contributed by atoms with Gasteiger partial charge in [0.2, 0.25) is 0 Å². The van der Waals surface area contributed by atoms with Crippen LogP contribution in [0.2, 0.25) is 0 Å². The lowest BCUT2D eigenvalue weighted by Crippen LogP contribution is -2.25. The number of nitrogens with one attached hydrogen (secondary N) is 1. The fourth-order valence-corrected chi connectivity index (χ4v) is 3.60. The zero-order valence-corrected chi connectivity index (χ0v) is 16.1. The molecule has 4 aromatic rings. The van der Waals surface area contributed by atoms with E-state index in [1.165, 1.54) is 27.6 Å². The molecule has 140 valence electrons. The van der Waals surface area contributed by atoms with Crippen molar-refractivity contribution in [3.63, 3.8) is 0 Å². The first-order chi connectivity index (χ1) is 13.9. The molecule has 0 bridgehead atoms. The number of H-pyrrole nitrogens is 1. The zero-order chi connectivity index (χ0) is 19.0. The van der Waals surface area contributed by atoms with E-state index in [0.717, 1.165) is 26.1 Å². The molecular weight excluding hydrogens is 340 g/mol. The average Bonchev–Trinajstić information content (AvgIpc) is 3.17. The van der Waals surface area contributed by atoms with Crippen molar-refractivity contribution in [3.8, 4) is 0 Å². The molecule has 1 aromatic heterocycles. The first-order valence-electron chi connectivity index (χ1n) is 9.91. The molecule has 0 unspecified atom stereocenters. The zero-order valence-electron chi connectivity index (χ0n) is 16.1. The lowest BCUT2D eigenvalue weighted by atomic mass is 10.1. The molecule has 1 heterocycles. The summed E-state index contributed by atoms with van der Waals surface area (Å²) in [5, 5.41) is 1.34. The van der Waals surface area contributed by atoms with Crippen molar-refractivity contribution in [2.45, 2.75) is 13.0 Å². The molecule has 0 aliphatic rings. The highest BCUT2D eigenvalue weighted by Crippen LogP contribution is 2.18. The normalized spacial score (nSPS) is 11.6. The molecule has 0 aliphatic carbocycles. The van der Waals surface area contributed by atoms with E-state index >= 15 is 0 Å². The van der Waals surface area contributed by atoms with Crippen LogP contribution in [0.15, 0.2) is 97.2 Å². The highest BCUT2D eigenvalue weighted by molar-refractivity contribution is 5.83. The van der Waals surface area contributed by atoms with Crippen LogP contribution in [0.1, 0.15) is 16.7 Å². The minimum Gasteiger partial charge on any atom is -0.361 e. The quantitative estimate of drug-likeness (QED) is 0.410. The van der Waals surface area contributed by atoms with Gasteiger partial charge in [0, 0.05) is 36.7 Å². The van der Waals surface area contributed by atoms with Crippen molar-refractivity contribution in [2.75, 3.05) is 13.1 Å². The summed E-state index contributed by atoms with van der Waals surface area (Å²) in [4.78, 5) is 5.90. The molecule has 1 N–H and O–H groups in total. The molecule has 0 saturated carbocycles. The Kier molecular flexibility index (Phi) is 6.01. The van der Waals surface area contributed by atoms with Gasteiger partial charge < -0.3 is 4.98 Å². The van der Waals surface area contributed by atoms with E-state index in [0.29, 0.717) is 0 Å². The van der Waals surface area contributed by atoms with Crippen LogP contribution in [0.4, 0.5) is 0 Å². The Labute approximate surface area is 167 Å². The summed E-state index contributed by atoms with van der Waals surface area (Å²) >= 11 is 0. The molecule has 3 aromatic carbocycles. The second-order valence-electron chi connectivity index (χ2n) is 7.14. The summed E-state index contributed by atoms with van der Waals surface area (Å²) in [6, 6.07) is 29.8. The van der Waals surface area contributed by atoms with Gasteiger partial charge in [0.05, 0.1) is 0 Å². The summed E-state index contributed by atoms with van der Waals surface area (Å²) < 4.78 is 0. The third-order valence-electron chi connectivity index (χ3n) is 5.09. The van der Waals surface area contributed by atoms with Crippen LogP contribution in [0.3, 0.4) is 0 Å². The second kappa shape index (κ2) is 9.20.